The number of amides is 1. The number of carbonyl (C=O) groups excluding carboxylic acids is 1. The van der Waals surface area contributed by atoms with Crippen molar-refractivity contribution in [3.05, 3.63) is 29.6 Å². The molecule has 1 fully saturated rings. The van der Waals surface area contributed by atoms with Crippen molar-refractivity contribution in [2.24, 2.45) is 5.92 Å². The van der Waals surface area contributed by atoms with E-state index in [9.17, 15) is 14.7 Å². The van der Waals surface area contributed by atoms with E-state index in [0.29, 0.717) is 35.7 Å². The van der Waals surface area contributed by atoms with Crippen LogP contribution in [0.15, 0.2) is 22.9 Å². The quantitative estimate of drug-likeness (QED) is 0.579. The number of pyridine rings is 1. The third-order valence-corrected chi connectivity index (χ3v) is 5.64. The Morgan fingerprint density at radius 1 is 1.34 bits per heavy atom. The van der Waals surface area contributed by atoms with Gasteiger partial charge in [0.05, 0.1) is 30.5 Å². The number of hydrogen-bond donors (Lipinski definition) is 2. The maximum absolute atomic E-state index is 12.0. The maximum atomic E-state index is 12.0. The van der Waals surface area contributed by atoms with Crippen LogP contribution in [0.1, 0.15) is 63.6 Å². The number of nitrogens with one attached hydrogen (secondary N) is 1. The molecule has 32 heavy (non-hydrogen) atoms. The second-order valence-corrected chi connectivity index (χ2v) is 8.25. The Bertz CT molecular complexity index is 911. The summed E-state index contributed by atoms with van der Waals surface area (Å²) in [6.45, 7) is 5.91. The van der Waals surface area contributed by atoms with Gasteiger partial charge in [-0.25, -0.2) is 9.78 Å². The van der Waals surface area contributed by atoms with Crippen LogP contribution in [0.3, 0.4) is 0 Å². The normalized spacial score (nSPS) is 19.2. The van der Waals surface area contributed by atoms with Gasteiger partial charge in [0.2, 0.25) is 0 Å². The molecule has 0 aliphatic heterocycles. The minimum Gasteiger partial charge on any atom is -0.489 e. The smallest absolute Gasteiger partial charge is 0.407 e. The van der Waals surface area contributed by atoms with Gasteiger partial charge in [-0.3, -0.25) is 4.79 Å². The van der Waals surface area contributed by atoms with Crippen molar-refractivity contribution in [2.45, 2.75) is 78.0 Å². The Kier molecular flexibility index (Phi) is 8.08. The predicted molar refractivity (Wildman–Crippen MR) is 116 cm³/mol. The lowest BCUT2D eigenvalue weighted by atomic mass is 9.87. The molecule has 2 N–H and O–H groups in total. The van der Waals surface area contributed by atoms with Crippen molar-refractivity contribution in [1.82, 2.24) is 15.5 Å². The van der Waals surface area contributed by atoms with Gasteiger partial charge in [0.15, 0.2) is 5.76 Å². The fraction of sp³-hybridized carbons (Fsp3) is 0.565. The fourth-order valence-corrected chi connectivity index (χ4v) is 3.90. The first-order chi connectivity index (χ1) is 15.4. The number of aliphatic carboxylic acids is 1. The lowest BCUT2D eigenvalue weighted by Crippen LogP contribution is -2.29. The highest BCUT2D eigenvalue weighted by Crippen LogP contribution is 2.29. The summed E-state index contributed by atoms with van der Waals surface area (Å²) in [5.41, 5.74) is 1.95. The summed E-state index contributed by atoms with van der Waals surface area (Å²) < 4.78 is 16.7. The van der Waals surface area contributed by atoms with Gasteiger partial charge < -0.3 is 24.4 Å². The number of rotatable bonds is 9. The minimum atomic E-state index is -0.766. The average molecular weight is 446 g/mol. The van der Waals surface area contributed by atoms with Crippen LogP contribution in [0, 0.1) is 12.8 Å². The molecule has 0 radical (unpaired) electrons. The Balaban J connectivity index is 1.61. The molecular formula is C23H31N3O6. The lowest BCUT2D eigenvalue weighted by molar-refractivity contribution is -0.143. The number of hydrogen-bond acceptors (Lipinski definition) is 7. The first kappa shape index (κ1) is 23.6. The van der Waals surface area contributed by atoms with E-state index < -0.39 is 12.1 Å². The summed E-state index contributed by atoms with van der Waals surface area (Å²) >= 11 is 0. The van der Waals surface area contributed by atoms with Crippen LogP contribution in [0.25, 0.3) is 11.5 Å². The molecule has 1 amide bonds. The van der Waals surface area contributed by atoms with Crippen molar-refractivity contribution in [3.63, 3.8) is 0 Å². The van der Waals surface area contributed by atoms with E-state index in [1.165, 1.54) is 0 Å². The van der Waals surface area contributed by atoms with Crippen LogP contribution in [0.4, 0.5) is 4.79 Å². The summed E-state index contributed by atoms with van der Waals surface area (Å²) in [7, 11) is 0. The van der Waals surface area contributed by atoms with Crippen molar-refractivity contribution in [2.75, 3.05) is 0 Å². The summed E-state index contributed by atoms with van der Waals surface area (Å²) in [6.07, 6.45) is 5.43. The van der Waals surface area contributed by atoms with Crippen LogP contribution >= 0.6 is 0 Å². The lowest BCUT2D eigenvalue weighted by Gasteiger charge is -2.27. The number of aryl methyl sites for hydroxylation is 1. The van der Waals surface area contributed by atoms with Crippen molar-refractivity contribution >= 4 is 12.1 Å². The molecule has 1 saturated carbocycles. The number of carbonyl (C=O) groups is 2. The van der Waals surface area contributed by atoms with Gasteiger partial charge in [-0.2, -0.15) is 0 Å². The first-order valence-corrected chi connectivity index (χ1v) is 11.1. The van der Waals surface area contributed by atoms with E-state index in [0.717, 1.165) is 31.2 Å². The van der Waals surface area contributed by atoms with Crippen LogP contribution < -0.4 is 10.1 Å². The molecule has 3 rings (SSSR count). The van der Waals surface area contributed by atoms with Crippen molar-refractivity contribution in [3.8, 4) is 17.2 Å². The third kappa shape index (κ3) is 6.21. The molecule has 9 heteroatoms. The Hall–Kier alpha value is -3.10. The molecule has 2 heterocycles. The Labute approximate surface area is 187 Å². The molecular weight excluding hydrogens is 414 g/mol. The monoisotopic (exact) mass is 445 g/mol. The van der Waals surface area contributed by atoms with Gasteiger partial charge in [-0.05, 0) is 58.1 Å². The van der Waals surface area contributed by atoms with E-state index in [1.54, 1.807) is 25.3 Å². The molecule has 1 aliphatic rings. The largest absolute Gasteiger partial charge is 0.489 e. The van der Waals surface area contributed by atoms with Gasteiger partial charge in [0.25, 0.3) is 0 Å². The molecule has 2 aromatic rings. The molecule has 0 spiro atoms. The van der Waals surface area contributed by atoms with Gasteiger partial charge >= 0.3 is 12.1 Å². The molecule has 3 atom stereocenters. The summed E-state index contributed by atoms with van der Waals surface area (Å²) in [6, 6.07) is 3.54. The Morgan fingerprint density at radius 3 is 2.84 bits per heavy atom. The van der Waals surface area contributed by atoms with Gasteiger partial charge in [-0.15, -0.1) is 0 Å². The molecule has 1 aliphatic carbocycles. The van der Waals surface area contributed by atoms with Crippen LogP contribution in [0.2, 0.25) is 0 Å². The topological polar surface area (TPSA) is 124 Å². The van der Waals surface area contributed by atoms with Crippen molar-refractivity contribution in [1.29, 1.82) is 0 Å². The van der Waals surface area contributed by atoms with E-state index in [2.05, 4.69) is 15.5 Å². The van der Waals surface area contributed by atoms with Gasteiger partial charge in [0, 0.05) is 5.56 Å². The highest BCUT2D eigenvalue weighted by Gasteiger charge is 2.28. The SMILES string of the molecule is CCC[C@H](C)OC(=O)NCc1c(C)noc1-c1ccc(O[C@H]2CCC[C@H](C(=O)O)C2)cn1. The molecule has 9 nitrogen and oxygen atoms in total. The second kappa shape index (κ2) is 11.0. The predicted octanol–water partition coefficient (Wildman–Crippen LogP) is 4.48. The van der Waals surface area contributed by atoms with Crippen molar-refractivity contribution < 1.29 is 28.7 Å². The number of alkyl carbamates (subject to hydrolysis) is 1. The highest BCUT2D eigenvalue weighted by atomic mass is 16.6. The van der Waals surface area contributed by atoms with Gasteiger partial charge in [-0.1, -0.05) is 18.5 Å². The van der Waals surface area contributed by atoms with Crippen LogP contribution in [0.5, 0.6) is 5.75 Å². The minimum absolute atomic E-state index is 0.133. The van der Waals surface area contributed by atoms with Crippen LogP contribution in [-0.4, -0.2) is 39.5 Å². The summed E-state index contributed by atoms with van der Waals surface area (Å²) in [5.74, 6) is -0.0732. The number of ether oxygens (including phenoxy) is 2. The van der Waals surface area contributed by atoms with E-state index in [-0.39, 0.29) is 24.7 Å². The number of nitrogens with zero attached hydrogens (tertiary/aromatic N) is 2. The number of carboxylic acid groups (broad SMARTS) is 1. The number of carboxylic acids is 1. The van der Waals surface area contributed by atoms with E-state index in [1.807, 2.05) is 13.8 Å². The molecule has 0 bridgehead atoms. The standard InChI is InChI=1S/C23H31N3O6/c1-4-6-14(2)30-23(29)25-13-19-15(3)26-32-21(19)20-10-9-18(12-24-20)31-17-8-5-7-16(11-17)22(27)28/h9-10,12,14,16-17H,4-8,11,13H2,1-3H3,(H,25,29)(H,27,28)/t14-,16-,17-/m0/s1. The highest BCUT2D eigenvalue weighted by molar-refractivity contribution is 5.70. The van der Waals surface area contributed by atoms with Crippen LogP contribution in [-0.2, 0) is 16.1 Å². The summed E-state index contributed by atoms with van der Waals surface area (Å²) in [4.78, 5) is 27.7. The molecule has 0 aromatic carbocycles. The molecule has 174 valence electrons. The van der Waals surface area contributed by atoms with Gasteiger partial charge in [0.1, 0.15) is 17.5 Å². The second-order valence-electron chi connectivity index (χ2n) is 8.25. The maximum Gasteiger partial charge on any atom is 0.407 e. The van der Waals surface area contributed by atoms with E-state index >= 15 is 0 Å². The zero-order valence-corrected chi connectivity index (χ0v) is 18.8. The first-order valence-electron chi connectivity index (χ1n) is 11.1. The molecule has 0 saturated heterocycles. The Morgan fingerprint density at radius 2 is 2.16 bits per heavy atom. The third-order valence-electron chi connectivity index (χ3n) is 5.64. The molecule has 2 aromatic heterocycles. The average Bonchev–Trinajstić information content (AvgIpc) is 3.13. The zero-order chi connectivity index (χ0) is 23.1. The number of aromatic nitrogens is 2. The fourth-order valence-electron chi connectivity index (χ4n) is 3.90. The van der Waals surface area contributed by atoms with E-state index in [4.69, 9.17) is 14.0 Å². The summed E-state index contributed by atoms with van der Waals surface area (Å²) in [5, 5.41) is 16.0. The zero-order valence-electron chi connectivity index (χ0n) is 18.8. The molecule has 0 unspecified atom stereocenters.